The molecule has 234 valence electrons. The van der Waals surface area contributed by atoms with E-state index in [1.807, 2.05) is 75.4 Å². The maximum Gasteiger partial charge on any atom is 0.194 e. The van der Waals surface area contributed by atoms with Crippen LogP contribution in [0.1, 0.15) is 69.1 Å². The summed E-state index contributed by atoms with van der Waals surface area (Å²) in [7, 11) is -0.936. The smallest absolute Gasteiger partial charge is 0.194 e. The Morgan fingerprint density at radius 3 is 2.15 bits per heavy atom. The van der Waals surface area contributed by atoms with E-state index in [0.29, 0.717) is 29.3 Å². The Balaban J connectivity index is 1.64. The molecule has 6 heteroatoms. The summed E-state index contributed by atoms with van der Waals surface area (Å²) >= 11 is 0. The first-order valence-corrected chi connectivity index (χ1v) is 17.5. The first-order chi connectivity index (χ1) is 22.2. The number of benzene rings is 5. The number of carbonyl (C=O) groups is 1. The van der Waals surface area contributed by atoms with E-state index in [1.54, 1.807) is 0 Å². The molecule has 1 aromatic heterocycles. The summed E-state index contributed by atoms with van der Waals surface area (Å²) < 4.78 is 15.3. The van der Waals surface area contributed by atoms with Gasteiger partial charge >= 0.3 is 0 Å². The van der Waals surface area contributed by atoms with Gasteiger partial charge in [-0.2, -0.15) is 0 Å². The van der Waals surface area contributed by atoms with Gasteiger partial charge in [0.15, 0.2) is 5.78 Å². The standard InChI is InChI=1S/C40H40N2O3S/c1-6-7-19-46(45)20-18-42-36-17-16-29(38(41-44)30-13-9-8-12-26(30)3)23-33(36)34-24-35(31-14-10-11-15-32(31)39(34)42)40(43)37-27(4)21-25(2)22-28(37)5/h8-17,21-24,44H,6-7,18-20H2,1-5H3/b41-38+. The molecule has 0 fully saturated rings. The summed E-state index contributed by atoms with van der Waals surface area (Å²) in [6, 6.07) is 28.3. The van der Waals surface area contributed by atoms with E-state index in [0.717, 1.165) is 84.4 Å². The summed E-state index contributed by atoms with van der Waals surface area (Å²) in [4.78, 5) is 14.5. The Morgan fingerprint density at radius 2 is 1.46 bits per heavy atom. The number of hydrogen-bond acceptors (Lipinski definition) is 4. The highest BCUT2D eigenvalue weighted by Gasteiger charge is 2.23. The Bertz CT molecular complexity index is 2170. The monoisotopic (exact) mass is 628 g/mol. The van der Waals surface area contributed by atoms with Gasteiger partial charge in [0.1, 0.15) is 5.71 Å². The number of aromatic nitrogens is 1. The molecular weight excluding hydrogens is 589 g/mol. The quantitative estimate of drug-likeness (QED) is 0.0712. The minimum atomic E-state index is -0.936. The van der Waals surface area contributed by atoms with E-state index >= 15 is 0 Å². The van der Waals surface area contributed by atoms with Crippen LogP contribution in [0, 0.1) is 27.7 Å². The van der Waals surface area contributed by atoms with Gasteiger partial charge in [0, 0.05) is 72.8 Å². The summed E-state index contributed by atoms with van der Waals surface area (Å²) in [5, 5.41) is 17.8. The molecule has 1 N–H and O–H groups in total. The van der Waals surface area contributed by atoms with E-state index in [2.05, 4.69) is 53.9 Å². The van der Waals surface area contributed by atoms with E-state index in [-0.39, 0.29) is 5.78 Å². The van der Waals surface area contributed by atoms with Crippen molar-refractivity contribution < 1.29 is 14.2 Å². The van der Waals surface area contributed by atoms with Crippen molar-refractivity contribution in [1.29, 1.82) is 0 Å². The van der Waals surface area contributed by atoms with E-state index in [4.69, 9.17) is 0 Å². The first-order valence-electron chi connectivity index (χ1n) is 16.0. The molecule has 0 aliphatic heterocycles. The molecule has 0 aliphatic carbocycles. The fraction of sp³-hybridized carbons (Fsp3) is 0.250. The normalized spacial score (nSPS) is 12.8. The number of nitrogens with zero attached hydrogens (tertiary/aromatic N) is 2. The van der Waals surface area contributed by atoms with Gasteiger partial charge in [-0.3, -0.25) is 9.00 Å². The molecule has 0 amide bonds. The van der Waals surface area contributed by atoms with Crippen molar-refractivity contribution in [2.75, 3.05) is 11.5 Å². The van der Waals surface area contributed by atoms with Gasteiger partial charge in [-0.15, -0.1) is 0 Å². The van der Waals surface area contributed by atoms with Crippen LogP contribution in [0.25, 0.3) is 32.6 Å². The van der Waals surface area contributed by atoms with Crippen molar-refractivity contribution in [1.82, 2.24) is 4.57 Å². The lowest BCUT2D eigenvalue weighted by Crippen LogP contribution is -2.11. The molecule has 5 aromatic carbocycles. The topological polar surface area (TPSA) is 71.7 Å². The zero-order valence-corrected chi connectivity index (χ0v) is 28.0. The number of unbranched alkanes of at least 4 members (excludes halogenated alkanes) is 1. The lowest BCUT2D eigenvalue weighted by molar-refractivity contribution is 0.103. The van der Waals surface area contributed by atoms with Crippen LogP contribution in [-0.4, -0.2) is 37.0 Å². The number of aryl methyl sites for hydroxylation is 5. The van der Waals surface area contributed by atoms with Gasteiger partial charge in [0.2, 0.25) is 0 Å². The highest BCUT2D eigenvalue weighted by molar-refractivity contribution is 7.84. The van der Waals surface area contributed by atoms with E-state index < -0.39 is 10.8 Å². The van der Waals surface area contributed by atoms with Crippen molar-refractivity contribution >= 4 is 54.9 Å². The summed E-state index contributed by atoms with van der Waals surface area (Å²) in [5.41, 5.74) is 9.60. The second kappa shape index (κ2) is 13.1. The van der Waals surface area contributed by atoms with Crippen molar-refractivity contribution in [3.8, 4) is 0 Å². The Labute approximate surface area is 273 Å². The Morgan fingerprint density at radius 1 is 0.761 bits per heavy atom. The van der Waals surface area contributed by atoms with Crippen molar-refractivity contribution in [2.45, 2.75) is 54.0 Å². The molecule has 46 heavy (non-hydrogen) atoms. The van der Waals surface area contributed by atoms with Crippen LogP contribution in [0.5, 0.6) is 0 Å². The maximum atomic E-state index is 14.5. The summed E-state index contributed by atoms with van der Waals surface area (Å²) in [6.45, 7) is 10.8. The van der Waals surface area contributed by atoms with Crippen LogP contribution in [0.3, 0.4) is 0 Å². The fourth-order valence-corrected chi connectivity index (χ4v) is 8.11. The Kier molecular flexibility index (Phi) is 8.92. The third-order valence-corrected chi connectivity index (χ3v) is 10.4. The third-order valence-electron chi connectivity index (χ3n) is 9.05. The molecule has 0 bridgehead atoms. The highest BCUT2D eigenvalue weighted by Crippen LogP contribution is 2.38. The van der Waals surface area contributed by atoms with Gasteiger partial charge in [0.05, 0.1) is 5.52 Å². The Hall–Kier alpha value is -4.55. The molecule has 0 saturated heterocycles. The molecule has 6 rings (SSSR count). The molecule has 1 atom stereocenters. The summed E-state index contributed by atoms with van der Waals surface area (Å²) in [5.74, 6) is 1.24. The number of carbonyl (C=O) groups excluding carboxylic acids is 1. The maximum absolute atomic E-state index is 14.5. The second-order valence-electron chi connectivity index (χ2n) is 12.3. The van der Waals surface area contributed by atoms with Crippen molar-refractivity contribution in [3.05, 3.63) is 129 Å². The zero-order chi connectivity index (χ0) is 32.5. The van der Waals surface area contributed by atoms with Crippen LogP contribution in [0.15, 0.2) is 90.1 Å². The largest absolute Gasteiger partial charge is 0.410 e. The lowest BCUT2D eigenvalue weighted by atomic mass is 9.89. The van der Waals surface area contributed by atoms with Crippen LogP contribution >= 0.6 is 0 Å². The first kappa shape index (κ1) is 31.4. The SMILES string of the molecule is CCCCS(=O)CCn1c2ccc(/C(=N\O)c3ccccc3C)cc2c2cc(C(=O)c3c(C)cc(C)cc3C)c3ccccc3c21. The second-order valence-corrected chi connectivity index (χ2v) is 14.0. The zero-order valence-electron chi connectivity index (χ0n) is 27.2. The lowest BCUT2D eigenvalue weighted by Gasteiger charge is -2.14. The average molecular weight is 629 g/mol. The molecule has 0 aliphatic rings. The van der Waals surface area contributed by atoms with E-state index in [9.17, 15) is 14.2 Å². The number of rotatable bonds is 10. The van der Waals surface area contributed by atoms with E-state index in [1.165, 1.54) is 0 Å². The van der Waals surface area contributed by atoms with Crippen molar-refractivity contribution in [3.63, 3.8) is 0 Å². The third kappa shape index (κ3) is 5.67. The molecule has 1 heterocycles. The van der Waals surface area contributed by atoms with Gasteiger partial charge in [-0.25, -0.2) is 0 Å². The van der Waals surface area contributed by atoms with Crippen LogP contribution in [0.4, 0.5) is 0 Å². The van der Waals surface area contributed by atoms with Crippen LogP contribution in [-0.2, 0) is 17.3 Å². The van der Waals surface area contributed by atoms with Crippen molar-refractivity contribution in [2.24, 2.45) is 5.16 Å². The molecule has 0 saturated carbocycles. The molecule has 0 radical (unpaired) electrons. The number of hydrogen-bond donors (Lipinski definition) is 1. The predicted molar refractivity (Wildman–Crippen MR) is 192 cm³/mol. The van der Waals surface area contributed by atoms with Crippen LogP contribution < -0.4 is 0 Å². The molecule has 1 unspecified atom stereocenters. The van der Waals surface area contributed by atoms with Crippen LogP contribution in [0.2, 0.25) is 0 Å². The van der Waals surface area contributed by atoms with Gasteiger partial charge < -0.3 is 9.77 Å². The number of fused-ring (bicyclic) bond motifs is 5. The highest BCUT2D eigenvalue weighted by atomic mass is 32.2. The fourth-order valence-electron chi connectivity index (χ4n) is 6.91. The van der Waals surface area contributed by atoms with Gasteiger partial charge in [-0.05, 0) is 74.4 Å². The molecule has 5 nitrogen and oxygen atoms in total. The number of ketones is 1. The number of oxime groups is 1. The van der Waals surface area contributed by atoms with Gasteiger partial charge in [-0.1, -0.05) is 90.8 Å². The van der Waals surface area contributed by atoms with Gasteiger partial charge in [0.25, 0.3) is 0 Å². The minimum Gasteiger partial charge on any atom is -0.410 e. The minimum absolute atomic E-state index is 0.00310. The average Bonchev–Trinajstić information content (AvgIpc) is 3.36. The predicted octanol–water partition coefficient (Wildman–Crippen LogP) is 9.19. The molecule has 6 aromatic rings. The molecule has 0 spiro atoms. The molecular formula is C40H40N2O3S. The summed E-state index contributed by atoms with van der Waals surface area (Å²) in [6.07, 6.45) is 1.96.